The summed E-state index contributed by atoms with van der Waals surface area (Å²) in [6.45, 7) is 10.6. The highest BCUT2D eigenvalue weighted by Crippen LogP contribution is 2.60. The highest BCUT2D eigenvalue weighted by molar-refractivity contribution is 6.72. The number of rotatable bonds is 4. The third-order valence-corrected chi connectivity index (χ3v) is 9.97. The Morgan fingerprint density at radius 3 is 1.83 bits per heavy atom. The van der Waals surface area contributed by atoms with E-state index >= 15 is 0 Å². The summed E-state index contributed by atoms with van der Waals surface area (Å²) < 4.78 is 6.51. The summed E-state index contributed by atoms with van der Waals surface area (Å²) in [5.74, 6) is 3.18. The molecule has 0 aromatic rings. The van der Waals surface area contributed by atoms with E-state index in [2.05, 4.69) is 26.9 Å². The molecule has 104 valence electrons. The van der Waals surface area contributed by atoms with Crippen molar-refractivity contribution in [3.8, 4) is 0 Å². The molecule has 4 aliphatic rings. The van der Waals surface area contributed by atoms with E-state index in [-0.39, 0.29) is 0 Å². The van der Waals surface area contributed by atoms with E-state index in [0.29, 0.717) is 5.41 Å². The lowest BCUT2D eigenvalue weighted by Crippen LogP contribution is -2.50. The van der Waals surface area contributed by atoms with Gasteiger partial charge in [-0.15, -0.1) is 0 Å². The second kappa shape index (κ2) is 4.34. The standard InChI is InChI=1S/C16H30OSi/c1-12(2)18(3,4)17-11-16-8-13-5-14(9-16)7-15(6-13)10-16/h12-15H,5-11H2,1-4H3. The maximum absolute atomic E-state index is 6.51. The Labute approximate surface area is 114 Å². The van der Waals surface area contributed by atoms with Crippen LogP contribution < -0.4 is 0 Å². The van der Waals surface area contributed by atoms with Crippen molar-refractivity contribution in [2.45, 2.75) is 71.0 Å². The first kappa shape index (κ1) is 13.2. The molecule has 0 radical (unpaired) electrons. The summed E-state index contributed by atoms with van der Waals surface area (Å²) in [6.07, 6.45) is 9.10. The van der Waals surface area contributed by atoms with Crippen LogP contribution in [0.15, 0.2) is 0 Å². The predicted molar refractivity (Wildman–Crippen MR) is 79.1 cm³/mol. The van der Waals surface area contributed by atoms with Crippen molar-refractivity contribution in [3.05, 3.63) is 0 Å². The van der Waals surface area contributed by atoms with E-state index in [9.17, 15) is 0 Å². The molecule has 0 aromatic carbocycles. The molecule has 18 heavy (non-hydrogen) atoms. The lowest BCUT2D eigenvalue weighted by Gasteiger charge is -2.57. The summed E-state index contributed by atoms with van der Waals surface area (Å²) >= 11 is 0. The van der Waals surface area contributed by atoms with Crippen LogP contribution in [0.5, 0.6) is 0 Å². The van der Waals surface area contributed by atoms with E-state index in [1.165, 1.54) is 19.3 Å². The zero-order valence-electron chi connectivity index (χ0n) is 12.7. The van der Waals surface area contributed by atoms with E-state index in [1.54, 1.807) is 19.3 Å². The minimum atomic E-state index is -1.43. The molecule has 0 aromatic heterocycles. The van der Waals surface area contributed by atoms with Gasteiger partial charge in [-0.2, -0.15) is 0 Å². The fourth-order valence-electron chi connectivity index (χ4n) is 4.97. The molecule has 4 rings (SSSR count). The molecular weight excluding hydrogens is 236 g/mol. The molecule has 0 saturated heterocycles. The van der Waals surface area contributed by atoms with Gasteiger partial charge in [-0.05, 0) is 80.3 Å². The minimum absolute atomic E-state index is 0.605. The third kappa shape index (κ3) is 2.31. The average Bonchev–Trinajstić information content (AvgIpc) is 2.24. The summed E-state index contributed by atoms with van der Waals surface area (Å²) in [4.78, 5) is 0. The molecule has 2 heteroatoms. The van der Waals surface area contributed by atoms with E-state index in [0.717, 1.165) is 29.9 Å². The topological polar surface area (TPSA) is 9.23 Å². The molecule has 0 N–H and O–H groups in total. The van der Waals surface area contributed by atoms with Gasteiger partial charge < -0.3 is 4.43 Å². The van der Waals surface area contributed by atoms with Crippen LogP contribution >= 0.6 is 0 Å². The number of hydrogen-bond donors (Lipinski definition) is 0. The van der Waals surface area contributed by atoms with Crippen LogP contribution in [0.2, 0.25) is 18.6 Å². The van der Waals surface area contributed by atoms with Gasteiger partial charge in [-0.25, -0.2) is 0 Å². The highest BCUT2D eigenvalue weighted by atomic mass is 28.4. The molecule has 0 atom stereocenters. The van der Waals surface area contributed by atoms with Crippen molar-refractivity contribution < 1.29 is 4.43 Å². The van der Waals surface area contributed by atoms with Crippen molar-refractivity contribution in [2.24, 2.45) is 23.2 Å². The van der Waals surface area contributed by atoms with Crippen LogP contribution in [0.3, 0.4) is 0 Å². The van der Waals surface area contributed by atoms with Crippen LogP contribution in [0.1, 0.15) is 52.4 Å². The Morgan fingerprint density at radius 2 is 1.44 bits per heavy atom. The quantitative estimate of drug-likeness (QED) is 0.662. The molecule has 4 aliphatic carbocycles. The highest BCUT2D eigenvalue weighted by Gasteiger charge is 2.51. The fraction of sp³-hybridized carbons (Fsp3) is 1.00. The Morgan fingerprint density at radius 1 is 1.00 bits per heavy atom. The molecule has 0 aliphatic heterocycles. The first-order chi connectivity index (χ1) is 8.39. The second-order valence-corrected chi connectivity index (χ2v) is 13.1. The monoisotopic (exact) mass is 266 g/mol. The van der Waals surface area contributed by atoms with Gasteiger partial charge in [-0.1, -0.05) is 13.8 Å². The fourth-order valence-corrected chi connectivity index (χ4v) is 5.98. The lowest BCUT2D eigenvalue weighted by atomic mass is 9.50. The van der Waals surface area contributed by atoms with Crippen molar-refractivity contribution in [1.29, 1.82) is 0 Å². The molecular formula is C16H30OSi. The summed E-state index contributed by atoms with van der Waals surface area (Å²) in [5, 5.41) is 0. The number of hydrogen-bond acceptors (Lipinski definition) is 1. The SMILES string of the molecule is CC(C)[Si](C)(C)OCC12CC3CC(CC(C3)C1)C2. The maximum atomic E-state index is 6.51. The maximum Gasteiger partial charge on any atom is 0.189 e. The van der Waals surface area contributed by atoms with Crippen molar-refractivity contribution in [1.82, 2.24) is 0 Å². The summed E-state index contributed by atoms with van der Waals surface area (Å²) in [5.41, 5.74) is 1.35. The van der Waals surface area contributed by atoms with Gasteiger partial charge in [0.25, 0.3) is 0 Å². The molecule has 0 amide bonds. The Bertz CT molecular complexity index is 286. The van der Waals surface area contributed by atoms with Crippen molar-refractivity contribution in [2.75, 3.05) is 6.61 Å². The zero-order chi connectivity index (χ0) is 13.0. The van der Waals surface area contributed by atoms with Gasteiger partial charge in [-0.3, -0.25) is 0 Å². The van der Waals surface area contributed by atoms with Crippen LogP contribution in [-0.4, -0.2) is 14.9 Å². The van der Waals surface area contributed by atoms with Crippen molar-refractivity contribution >= 4 is 8.32 Å². The van der Waals surface area contributed by atoms with Gasteiger partial charge in [0.1, 0.15) is 0 Å². The Kier molecular flexibility index (Phi) is 3.18. The van der Waals surface area contributed by atoms with Crippen LogP contribution in [0, 0.1) is 23.2 Å². The van der Waals surface area contributed by atoms with Crippen molar-refractivity contribution in [3.63, 3.8) is 0 Å². The molecule has 0 spiro atoms. The first-order valence-corrected chi connectivity index (χ1v) is 11.0. The van der Waals surface area contributed by atoms with Gasteiger partial charge in [0.15, 0.2) is 8.32 Å². The normalized spacial score (nSPS) is 42.8. The van der Waals surface area contributed by atoms with Gasteiger partial charge >= 0.3 is 0 Å². The van der Waals surface area contributed by atoms with Crippen LogP contribution in [0.25, 0.3) is 0 Å². The molecule has 1 nitrogen and oxygen atoms in total. The molecule has 0 unspecified atom stereocenters. The smallest absolute Gasteiger partial charge is 0.189 e. The Balaban J connectivity index is 1.66. The van der Waals surface area contributed by atoms with Gasteiger partial charge in [0, 0.05) is 6.61 Å². The third-order valence-electron chi connectivity index (χ3n) is 6.31. The predicted octanol–water partition coefficient (Wildman–Crippen LogP) is 4.83. The van der Waals surface area contributed by atoms with Crippen LogP contribution in [0.4, 0.5) is 0 Å². The zero-order valence-corrected chi connectivity index (χ0v) is 13.7. The summed E-state index contributed by atoms with van der Waals surface area (Å²) in [6, 6.07) is 0. The van der Waals surface area contributed by atoms with E-state index in [4.69, 9.17) is 4.43 Å². The van der Waals surface area contributed by atoms with E-state index in [1.807, 2.05) is 0 Å². The minimum Gasteiger partial charge on any atom is -0.417 e. The lowest BCUT2D eigenvalue weighted by molar-refractivity contribution is -0.0765. The van der Waals surface area contributed by atoms with Gasteiger partial charge in [0.2, 0.25) is 0 Å². The van der Waals surface area contributed by atoms with E-state index < -0.39 is 8.32 Å². The summed E-state index contributed by atoms with van der Waals surface area (Å²) in [7, 11) is -1.43. The van der Waals surface area contributed by atoms with Gasteiger partial charge in [0.05, 0.1) is 0 Å². The second-order valence-electron chi connectivity index (χ2n) is 8.46. The molecule has 4 bridgehead atoms. The molecule has 4 saturated carbocycles. The molecule has 0 heterocycles. The Hall–Kier alpha value is 0.177. The molecule has 4 fully saturated rings. The largest absolute Gasteiger partial charge is 0.417 e. The average molecular weight is 267 g/mol. The van der Waals surface area contributed by atoms with Crippen LogP contribution in [-0.2, 0) is 4.43 Å². The first-order valence-electron chi connectivity index (χ1n) is 8.02.